The first kappa shape index (κ1) is 20.0. The highest BCUT2D eigenvalue weighted by Crippen LogP contribution is 2.33. The number of nitrogens with zero attached hydrogens (tertiary/aromatic N) is 3. The van der Waals surface area contributed by atoms with E-state index in [9.17, 15) is 9.59 Å². The lowest BCUT2D eigenvalue weighted by atomic mass is 9.97. The van der Waals surface area contributed by atoms with Gasteiger partial charge in [0.15, 0.2) is 0 Å². The molecule has 1 aromatic carbocycles. The molecule has 1 aliphatic rings. The van der Waals surface area contributed by atoms with Gasteiger partial charge in [0.05, 0.1) is 31.5 Å². The van der Waals surface area contributed by atoms with Crippen molar-refractivity contribution in [3.8, 4) is 23.0 Å². The monoisotopic (exact) mass is 406 g/mol. The van der Waals surface area contributed by atoms with Gasteiger partial charge >= 0.3 is 0 Å². The summed E-state index contributed by atoms with van der Waals surface area (Å²) in [5, 5.41) is 8.30. The lowest BCUT2D eigenvalue weighted by Gasteiger charge is -2.31. The van der Waals surface area contributed by atoms with Crippen LogP contribution in [0.4, 0.5) is 0 Å². The highest BCUT2D eigenvalue weighted by Gasteiger charge is 2.27. The molecular weight excluding hydrogens is 384 g/mol. The summed E-state index contributed by atoms with van der Waals surface area (Å²) in [6, 6.07) is 5.26. The molecule has 2 heterocycles. The van der Waals surface area contributed by atoms with Crippen molar-refractivity contribution in [2.75, 3.05) is 33.1 Å². The Labute approximate surface area is 166 Å². The number of nitrogens with two attached hydrogens (primary N) is 1. The number of primary amides is 1. The summed E-state index contributed by atoms with van der Waals surface area (Å²) in [5.41, 5.74) is 5.99. The van der Waals surface area contributed by atoms with Crippen molar-refractivity contribution in [1.29, 1.82) is 0 Å². The van der Waals surface area contributed by atoms with Crippen LogP contribution in [0.3, 0.4) is 0 Å². The van der Waals surface area contributed by atoms with E-state index in [1.165, 1.54) is 0 Å². The first-order valence-electron chi connectivity index (χ1n) is 8.77. The Morgan fingerprint density at radius 1 is 1.32 bits per heavy atom. The molecule has 10 heteroatoms. The molecule has 9 nitrogen and oxygen atoms in total. The number of rotatable bonds is 7. The van der Waals surface area contributed by atoms with Crippen LogP contribution in [-0.2, 0) is 9.59 Å². The summed E-state index contributed by atoms with van der Waals surface area (Å²) in [4.78, 5) is 25.4. The van der Waals surface area contributed by atoms with Gasteiger partial charge in [0.2, 0.25) is 11.8 Å². The van der Waals surface area contributed by atoms with Crippen LogP contribution < -0.4 is 15.2 Å². The molecule has 1 saturated heterocycles. The number of hydrogen-bond donors (Lipinski definition) is 1. The standard InChI is InChI=1S/C18H22N4O5S/c1-25-12-5-6-13(14(8-12)26-2)17-20-21-18(27-17)28-10-15(23)22-7-3-4-11(9-22)16(19)24/h5-6,8,11H,3-4,7,9-10H2,1-2H3,(H2,19,24). The SMILES string of the molecule is COc1ccc(-c2nnc(SCC(=O)N3CCCC(C(N)=O)C3)o2)c(OC)c1. The third-order valence-electron chi connectivity index (χ3n) is 4.54. The second kappa shape index (κ2) is 8.96. The van der Waals surface area contributed by atoms with Gasteiger partial charge in [-0.15, -0.1) is 10.2 Å². The Balaban J connectivity index is 1.62. The predicted molar refractivity (Wildman–Crippen MR) is 102 cm³/mol. The van der Waals surface area contributed by atoms with Crippen LogP contribution in [0, 0.1) is 5.92 Å². The van der Waals surface area contributed by atoms with Gasteiger partial charge in [-0.05, 0) is 25.0 Å². The van der Waals surface area contributed by atoms with E-state index in [4.69, 9.17) is 19.6 Å². The van der Waals surface area contributed by atoms with E-state index in [2.05, 4.69) is 10.2 Å². The second-order valence-corrected chi connectivity index (χ2v) is 7.24. The lowest BCUT2D eigenvalue weighted by Crippen LogP contribution is -2.44. The van der Waals surface area contributed by atoms with E-state index < -0.39 is 0 Å². The number of carbonyl (C=O) groups is 2. The fourth-order valence-corrected chi connectivity index (χ4v) is 3.67. The third kappa shape index (κ3) is 4.56. The van der Waals surface area contributed by atoms with E-state index >= 15 is 0 Å². The van der Waals surface area contributed by atoms with Gasteiger partial charge in [-0.25, -0.2) is 0 Å². The Kier molecular flexibility index (Phi) is 6.40. The van der Waals surface area contributed by atoms with E-state index in [-0.39, 0.29) is 28.7 Å². The summed E-state index contributed by atoms with van der Waals surface area (Å²) >= 11 is 1.16. The molecule has 0 spiro atoms. The van der Waals surface area contributed by atoms with Crippen LogP contribution in [0.5, 0.6) is 11.5 Å². The first-order valence-corrected chi connectivity index (χ1v) is 9.76. The number of thioether (sulfide) groups is 1. The number of aromatic nitrogens is 2. The van der Waals surface area contributed by atoms with Gasteiger partial charge in [-0.3, -0.25) is 9.59 Å². The highest BCUT2D eigenvalue weighted by atomic mass is 32.2. The molecule has 1 fully saturated rings. The molecule has 2 aromatic rings. The molecule has 2 N–H and O–H groups in total. The quantitative estimate of drug-likeness (QED) is 0.688. The molecule has 3 rings (SSSR count). The Hall–Kier alpha value is -2.75. The van der Waals surface area contributed by atoms with Crippen molar-refractivity contribution in [2.24, 2.45) is 11.7 Å². The van der Waals surface area contributed by atoms with E-state index in [1.807, 2.05) is 0 Å². The summed E-state index contributed by atoms with van der Waals surface area (Å²) in [6.45, 7) is 0.994. The molecular formula is C18H22N4O5S. The molecule has 0 saturated carbocycles. The van der Waals surface area contributed by atoms with E-state index in [0.717, 1.165) is 24.6 Å². The third-order valence-corrected chi connectivity index (χ3v) is 5.34. The molecule has 1 aromatic heterocycles. The smallest absolute Gasteiger partial charge is 0.277 e. The Morgan fingerprint density at radius 2 is 2.14 bits per heavy atom. The summed E-state index contributed by atoms with van der Waals surface area (Å²) in [5.74, 6) is 0.907. The minimum absolute atomic E-state index is 0.0854. The number of piperidine rings is 1. The first-order chi connectivity index (χ1) is 13.5. The van der Waals surface area contributed by atoms with Crippen molar-refractivity contribution in [3.05, 3.63) is 18.2 Å². The Bertz CT molecular complexity index is 856. The van der Waals surface area contributed by atoms with Crippen LogP contribution in [0.2, 0.25) is 0 Å². The van der Waals surface area contributed by atoms with E-state index in [1.54, 1.807) is 37.3 Å². The average Bonchev–Trinajstić information content (AvgIpc) is 3.20. The van der Waals surface area contributed by atoms with Crippen molar-refractivity contribution in [2.45, 2.75) is 18.1 Å². The number of amides is 2. The lowest BCUT2D eigenvalue weighted by molar-refractivity contribution is -0.132. The molecule has 1 atom stereocenters. The molecule has 1 aliphatic heterocycles. The minimum Gasteiger partial charge on any atom is -0.497 e. The van der Waals surface area contributed by atoms with Crippen molar-refractivity contribution < 1.29 is 23.5 Å². The zero-order valence-corrected chi connectivity index (χ0v) is 16.5. The maximum atomic E-state index is 12.4. The van der Waals surface area contributed by atoms with Gasteiger partial charge in [0.1, 0.15) is 11.5 Å². The van der Waals surface area contributed by atoms with Crippen LogP contribution in [0.15, 0.2) is 27.8 Å². The largest absolute Gasteiger partial charge is 0.497 e. The van der Waals surface area contributed by atoms with Crippen molar-refractivity contribution in [1.82, 2.24) is 15.1 Å². The summed E-state index contributed by atoms with van der Waals surface area (Å²) in [7, 11) is 3.11. The normalized spacial score (nSPS) is 16.6. The molecule has 28 heavy (non-hydrogen) atoms. The maximum absolute atomic E-state index is 12.4. The highest BCUT2D eigenvalue weighted by molar-refractivity contribution is 7.99. The zero-order chi connectivity index (χ0) is 20.1. The van der Waals surface area contributed by atoms with Gasteiger partial charge in [0.25, 0.3) is 11.1 Å². The van der Waals surface area contributed by atoms with Gasteiger partial charge in [-0.1, -0.05) is 11.8 Å². The Morgan fingerprint density at radius 3 is 2.86 bits per heavy atom. The van der Waals surface area contributed by atoms with E-state index in [0.29, 0.717) is 36.0 Å². The number of carbonyl (C=O) groups excluding carboxylic acids is 2. The number of benzene rings is 1. The maximum Gasteiger partial charge on any atom is 0.277 e. The fourth-order valence-electron chi connectivity index (χ4n) is 3.00. The molecule has 150 valence electrons. The molecule has 0 bridgehead atoms. The predicted octanol–water partition coefficient (Wildman–Crippen LogP) is 1.57. The average molecular weight is 406 g/mol. The van der Waals surface area contributed by atoms with Gasteiger partial charge in [0, 0.05) is 19.2 Å². The summed E-state index contributed by atoms with van der Waals surface area (Å²) in [6.07, 6.45) is 1.49. The van der Waals surface area contributed by atoms with Crippen LogP contribution in [0.1, 0.15) is 12.8 Å². The fraction of sp³-hybridized carbons (Fsp3) is 0.444. The number of methoxy groups -OCH3 is 2. The summed E-state index contributed by atoms with van der Waals surface area (Å²) < 4.78 is 16.2. The topological polar surface area (TPSA) is 121 Å². The van der Waals surface area contributed by atoms with Crippen LogP contribution >= 0.6 is 11.8 Å². The number of hydrogen-bond acceptors (Lipinski definition) is 8. The van der Waals surface area contributed by atoms with Crippen molar-refractivity contribution >= 4 is 23.6 Å². The van der Waals surface area contributed by atoms with Gasteiger partial charge < -0.3 is 24.5 Å². The number of likely N-dealkylation sites (tertiary alicyclic amines) is 1. The number of ether oxygens (including phenoxy) is 2. The van der Waals surface area contributed by atoms with Crippen LogP contribution in [-0.4, -0.2) is 60.0 Å². The zero-order valence-electron chi connectivity index (χ0n) is 15.7. The molecule has 0 aliphatic carbocycles. The second-order valence-electron chi connectivity index (χ2n) is 6.31. The molecule has 2 amide bonds. The molecule has 0 radical (unpaired) electrons. The molecule has 1 unspecified atom stereocenters. The van der Waals surface area contributed by atoms with Crippen LogP contribution in [0.25, 0.3) is 11.5 Å². The van der Waals surface area contributed by atoms with Crippen molar-refractivity contribution in [3.63, 3.8) is 0 Å². The minimum atomic E-state index is -0.361. The van der Waals surface area contributed by atoms with Gasteiger partial charge in [-0.2, -0.15) is 0 Å².